The van der Waals surface area contributed by atoms with Gasteiger partial charge in [0.15, 0.2) is 0 Å². The third kappa shape index (κ3) is 2.08. The molecule has 17 heavy (non-hydrogen) atoms. The molecule has 0 radical (unpaired) electrons. The number of hydrogen-bond acceptors (Lipinski definition) is 5. The molecule has 2 aromatic rings. The van der Waals surface area contributed by atoms with Crippen molar-refractivity contribution in [3.63, 3.8) is 0 Å². The first-order chi connectivity index (χ1) is 8.13. The Balaban J connectivity index is 2.44. The van der Waals surface area contributed by atoms with Crippen LogP contribution in [0.25, 0.3) is 11.5 Å². The van der Waals surface area contributed by atoms with Crippen LogP contribution >= 0.6 is 0 Å². The van der Waals surface area contributed by atoms with E-state index in [1.165, 1.54) is 0 Å². The van der Waals surface area contributed by atoms with Gasteiger partial charge in [-0.15, -0.1) is 0 Å². The maximum absolute atomic E-state index is 5.93. The van der Waals surface area contributed by atoms with E-state index < -0.39 is 0 Å². The highest BCUT2D eigenvalue weighted by molar-refractivity contribution is 5.74. The number of benzene rings is 1. The van der Waals surface area contributed by atoms with Crippen LogP contribution < -0.4 is 10.6 Å². The first kappa shape index (κ1) is 11.4. The van der Waals surface area contributed by atoms with Crippen LogP contribution in [-0.2, 0) is 0 Å². The number of anilines is 2. The number of nitrogens with zero attached hydrogens (tertiary/aromatic N) is 3. The second kappa shape index (κ2) is 4.45. The predicted octanol–water partition coefficient (Wildman–Crippen LogP) is 2.08. The van der Waals surface area contributed by atoms with Gasteiger partial charge in [-0.2, -0.15) is 4.98 Å². The molecule has 0 aliphatic carbocycles. The van der Waals surface area contributed by atoms with Gasteiger partial charge in [0.05, 0.1) is 5.56 Å². The first-order valence-electron chi connectivity index (χ1n) is 5.53. The molecule has 0 fully saturated rings. The predicted molar refractivity (Wildman–Crippen MR) is 67.8 cm³/mol. The van der Waals surface area contributed by atoms with Gasteiger partial charge < -0.3 is 15.2 Å². The van der Waals surface area contributed by atoms with E-state index in [2.05, 4.69) is 10.1 Å². The molecule has 1 heterocycles. The van der Waals surface area contributed by atoms with Crippen LogP contribution in [0.15, 0.2) is 22.7 Å². The molecule has 5 heteroatoms. The lowest BCUT2D eigenvalue weighted by Gasteiger charge is -2.09. The van der Waals surface area contributed by atoms with Gasteiger partial charge >= 0.3 is 0 Å². The second-order valence-electron chi connectivity index (χ2n) is 3.95. The Kier molecular flexibility index (Phi) is 2.99. The molecule has 1 aromatic carbocycles. The van der Waals surface area contributed by atoms with Crippen molar-refractivity contribution in [2.75, 3.05) is 24.2 Å². The molecule has 0 saturated carbocycles. The summed E-state index contributed by atoms with van der Waals surface area (Å²) in [5.41, 5.74) is 8.42. The van der Waals surface area contributed by atoms with Gasteiger partial charge in [-0.05, 0) is 30.6 Å². The van der Waals surface area contributed by atoms with Crippen LogP contribution in [0.2, 0.25) is 0 Å². The fourth-order valence-electron chi connectivity index (χ4n) is 1.60. The summed E-state index contributed by atoms with van der Waals surface area (Å²) in [4.78, 5) is 6.25. The van der Waals surface area contributed by atoms with E-state index in [1.54, 1.807) is 0 Å². The number of nitrogens with two attached hydrogens (primary N) is 1. The number of hydrogen-bond donors (Lipinski definition) is 1. The number of rotatable bonds is 3. The van der Waals surface area contributed by atoms with Crippen LogP contribution in [0, 0.1) is 6.92 Å². The highest BCUT2D eigenvalue weighted by atomic mass is 16.5. The molecule has 0 saturated heterocycles. The van der Waals surface area contributed by atoms with Crippen molar-refractivity contribution in [3.8, 4) is 11.5 Å². The maximum atomic E-state index is 5.93. The molecule has 0 unspecified atom stereocenters. The summed E-state index contributed by atoms with van der Waals surface area (Å²) in [6, 6.07) is 5.71. The zero-order chi connectivity index (χ0) is 12.4. The molecule has 90 valence electrons. The van der Waals surface area contributed by atoms with E-state index in [-0.39, 0.29) is 0 Å². The van der Waals surface area contributed by atoms with E-state index in [0.717, 1.165) is 17.7 Å². The van der Waals surface area contributed by atoms with Gasteiger partial charge in [-0.25, -0.2) is 0 Å². The largest absolute Gasteiger partial charge is 0.398 e. The van der Waals surface area contributed by atoms with Crippen molar-refractivity contribution < 1.29 is 4.52 Å². The highest BCUT2D eigenvalue weighted by Gasteiger charge is 2.15. The Bertz CT molecular complexity index is 501. The number of nitrogen functional groups attached to an aromatic ring is 1. The Hall–Kier alpha value is -2.04. The van der Waals surface area contributed by atoms with Gasteiger partial charge in [-0.1, -0.05) is 12.1 Å². The van der Waals surface area contributed by atoms with Crippen molar-refractivity contribution in [3.05, 3.63) is 23.8 Å². The monoisotopic (exact) mass is 232 g/mol. The fraction of sp³-hybridized carbons (Fsp3) is 0.333. The summed E-state index contributed by atoms with van der Waals surface area (Å²) in [6.45, 7) is 4.82. The van der Waals surface area contributed by atoms with Gasteiger partial charge in [0, 0.05) is 19.3 Å². The molecule has 0 amide bonds. The molecule has 0 aliphatic heterocycles. The second-order valence-corrected chi connectivity index (χ2v) is 3.95. The molecule has 2 N–H and O–H groups in total. The molecule has 0 aliphatic rings. The minimum Gasteiger partial charge on any atom is -0.398 e. The number of aryl methyl sites for hydroxylation is 1. The summed E-state index contributed by atoms with van der Waals surface area (Å²) in [7, 11) is 1.91. The van der Waals surface area contributed by atoms with Crippen molar-refractivity contribution >= 4 is 11.6 Å². The van der Waals surface area contributed by atoms with Crippen molar-refractivity contribution in [2.45, 2.75) is 13.8 Å². The summed E-state index contributed by atoms with van der Waals surface area (Å²) in [6.07, 6.45) is 0. The first-order valence-corrected chi connectivity index (χ1v) is 5.53. The topological polar surface area (TPSA) is 68.2 Å². The molecular formula is C12H16N4O. The minimum absolute atomic E-state index is 0.468. The molecule has 0 spiro atoms. The van der Waals surface area contributed by atoms with Crippen LogP contribution in [0.5, 0.6) is 0 Å². The lowest BCUT2D eigenvalue weighted by Crippen LogP contribution is -2.17. The van der Waals surface area contributed by atoms with Crippen LogP contribution in [-0.4, -0.2) is 23.7 Å². The van der Waals surface area contributed by atoms with Gasteiger partial charge in [0.25, 0.3) is 11.8 Å². The summed E-state index contributed by atoms with van der Waals surface area (Å²) in [5, 5.41) is 3.93. The van der Waals surface area contributed by atoms with E-state index in [1.807, 2.05) is 44.0 Å². The maximum Gasteiger partial charge on any atom is 0.266 e. The third-order valence-corrected chi connectivity index (χ3v) is 2.75. The molecule has 1 aromatic heterocycles. The molecular weight excluding hydrogens is 216 g/mol. The lowest BCUT2D eigenvalue weighted by molar-refractivity contribution is 0.430. The summed E-state index contributed by atoms with van der Waals surface area (Å²) in [5.74, 6) is 1.04. The van der Waals surface area contributed by atoms with Gasteiger partial charge in [0.2, 0.25) is 0 Å². The molecule has 5 nitrogen and oxygen atoms in total. The van der Waals surface area contributed by atoms with Gasteiger partial charge in [-0.3, -0.25) is 0 Å². The third-order valence-electron chi connectivity index (χ3n) is 2.75. The molecule has 2 rings (SSSR count). The van der Waals surface area contributed by atoms with Crippen molar-refractivity contribution in [1.29, 1.82) is 0 Å². The SMILES string of the molecule is CCN(C)c1noc(-c2c(C)cccc2N)n1. The summed E-state index contributed by atoms with van der Waals surface area (Å²) < 4.78 is 5.25. The van der Waals surface area contributed by atoms with E-state index in [0.29, 0.717) is 17.5 Å². The van der Waals surface area contributed by atoms with Crippen LogP contribution in [0.3, 0.4) is 0 Å². The van der Waals surface area contributed by atoms with E-state index >= 15 is 0 Å². The normalized spacial score (nSPS) is 10.5. The Morgan fingerprint density at radius 1 is 1.41 bits per heavy atom. The lowest BCUT2D eigenvalue weighted by atomic mass is 10.1. The molecule has 0 bridgehead atoms. The smallest absolute Gasteiger partial charge is 0.266 e. The average Bonchev–Trinajstić information content (AvgIpc) is 2.77. The fourth-order valence-corrected chi connectivity index (χ4v) is 1.60. The van der Waals surface area contributed by atoms with Crippen LogP contribution in [0.4, 0.5) is 11.6 Å². The van der Waals surface area contributed by atoms with E-state index in [4.69, 9.17) is 10.3 Å². The Morgan fingerprint density at radius 2 is 2.18 bits per heavy atom. The zero-order valence-electron chi connectivity index (χ0n) is 10.3. The average molecular weight is 232 g/mol. The minimum atomic E-state index is 0.468. The molecule has 0 atom stereocenters. The van der Waals surface area contributed by atoms with Gasteiger partial charge in [0.1, 0.15) is 0 Å². The van der Waals surface area contributed by atoms with Crippen molar-refractivity contribution in [1.82, 2.24) is 10.1 Å². The van der Waals surface area contributed by atoms with E-state index in [9.17, 15) is 0 Å². The Labute approximate surface area is 100 Å². The summed E-state index contributed by atoms with van der Waals surface area (Å²) >= 11 is 0. The standard InChI is InChI=1S/C12H16N4O/c1-4-16(3)12-14-11(17-15-12)10-8(2)6-5-7-9(10)13/h5-7H,4,13H2,1-3H3. The van der Waals surface area contributed by atoms with Crippen LogP contribution in [0.1, 0.15) is 12.5 Å². The zero-order valence-corrected chi connectivity index (χ0v) is 10.3. The Morgan fingerprint density at radius 3 is 2.82 bits per heavy atom. The number of aromatic nitrogens is 2. The quantitative estimate of drug-likeness (QED) is 0.820. The highest BCUT2D eigenvalue weighted by Crippen LogP contribution is 2.28. The van der Waals surface area contributed by atoms with Crippen molar-refractivity contribution in [2.24, 2.45) is 0 Å².